The predicted octanol–water partition coefficient (Wildman–Crippen LogP) is 5.89. The van der Waals surface area contributed by atoms with Crippen LogP contribution >= 0.6 is 0 Å². The molecule has 2 aliphatic rings. The SMILES string of the molecule is CN1CCc2cccc(c2)-c2cc3cc(F)ccc3n2CCN(C(=O)C2CCOCC2)Cc2cccc(c2)C1. The first-order valence-electron chi connectivity index (χ1n) is 14.0. The van der Waals surface area contributed by atoms with Gasteiger partial charge in [-0.25, -0.2) is 4.39 Å². The molecule has 4 bridgehead atoms. The summed E-state index contributed by atoms with van der Waals surface area (Å²) in [7, 11) is 2.16. The highest BCUT2D eigenvalue weighted by Crippen LogP contribution is 2.30. The summed E-state index contributed by atoms with van der Waals surface area (Å²) in [4.78, 5) is 18.2. The van der Waals surface area contributed by atoms with Crippen LogP contribution in [-0.2, 0) is 35.6 Å². The quantitative estimate of drug-likeness (QED) is 0.311. The Morgan fingerprint density at radius 1 is 0.846 bits per heavy atom. The molecule has 0 N–H and O–H groups in total. The van der Waals surface area contributed by atoms with Gasteiger partial charge < -0.3 is 19.1 Å². The van der Waals surface area contributed by atoms with Crippen molar-refractivity contribution in [2.45, 2.75) is 38.9 Å². The number of likely N-dealkylation sites (N-methyl/N-ethyl adjacent to an activating group) is 1. The Morgan fingerprint density at radius 3 is 2.46 bits per heavy atom. The summed E-state index contributed by atoms with van der Waals surface area (Å²) in [5, 5.41) is 0.878. The third-order valence-corrected chi connectivity index (χ3v) is 8.16. The van der Waals surface area contributed by atoms with E-state index in [-0.39, 0.29) is 17.6 Å². The van der Waals surface area contributed by atoms with E-state index in [1.807, 2.05) is 11.0 Å². The largest absolute Gasteiger partial charge is 0.381 e. The molecule has 1 amide bonds. The first kappa shape index (κ1) is 25.8. The smallest absolute Gasteiger partial charge is 0.226 e. The van der Waals surface area contributed by atoms with Crippen LogP contribution in [0.1, 0.15) is 29.5 Å². The number of hydrogen-bond acceptors (Lipinski definition) is 3. The van der Waals surface area contributed by atoms with Crippen molar-refractivity contribution in [3.8, 4) is 11.3 Å². The number of aromatic nitrogens is 1. The summed E-state index contributed by atoms with van der Waals surface area (Å²) in [6.45, 7) is 4.87. The van der Waals surface area contributed by atoms with E-state index in [1.54, 1.807) is 6.07 Å². The average molecular weight is 526 g/mol. The highest BCUT2D eigenvalue weighted by atomic mass is 19.1. The van der Waals surface area contributed by atoms with E-state index in [0.29, 0.717) is 32.8 Å². The maximum absolute atomic E-state index is 14.2. The number of hydrogen-bond donors (Lipinski definition) is 0. The molecule has 0 aliphatic carbocycles. The first-order valence-corrected chi connectivity index (χ1v) is 14.0. The van der Waals surface area contributed by atoms with E-state index in [0.717, 1.165) is 60.1 Å². The van der Waals surface area contributed by atoms with Gasteiger partial charge in [0, 0.05) is 68.5 Å². The van der Waals surface area contributed by atoms with E-state index in [9.17, 15) is 9.18 Å². The van der Waals surface area contributed by atoms with Crippen molar-refractivity contribution in [3.05, 3.63) is 95.3 Å². The number of rotatable bonds is 1. The highest BCUT2D eigenvalue weighted by Gasteiger charge is 2.27. The fourth-order valence-electron chi connectivity index (χ4n) is 6.06. The zero-order valence-corrected chi connectivity index (χ0v) is 22.6. The number of halogens is 1. The van der Waals surface area contributed by atoms with Crippen LogP contribution in [0.3, 0.4) is 0 Å². The Bertz CT molecular complexity index is 1470. The van der Waals surface area contributed by atoms with Gasteiger partial charge in [0.25, 0.3) is 0 Å². The molecule has 6 heteroatoms. The molecule has 3 aromatic carbocycles. The number of fused-ring (bicyclic) bond motifs is 8. The molecule has 1 saturated heterocycles. The fraction of sp³-hybridized carbons (Fsp3) is 0.364. The monoisotopic (exact) mass is 525 g/mol. The van der Waals surface area contributed by atoms with E-state index in [1.165, 1.54) is 17.2 Å². The Hall–Kier alpha value is -3.48. The van der Waals surface area contributed by atoms with Gasteiger partial charge in [0.15, 0.2) is 0 Å². The van der Waals surface area contributed by atoms with Crippen molar-refractivity contribution in [2.24, 2.45) is 5.92 Å². The number of carbonyl (C=O) groups excluding carboxylic acids is 1. The molecule has 0 unspecified atom stereocenters. The molecule has 1 fully saturated rings. The maximum Gasteiger partial charge on any atom is 0.226 e. The van der Waals surface area contributed by atoms with Crippen LogP contribution in [0.15, 0.2) is 72.8 Å². The summed E-state index contributed by atoms with van der Waals surface area (Å²) in [6.07, 6.45) is 2.49. The number of benzene rings is 3. The average Bonchev–Trinajstić information content (AvgIpc) is 3.31. The van der Waals surface area contributed by atoms with Crippen LogP contribution in [-0.4, -0.2) is 53.6 Å². The molecule has 3 heterocycles. The molecule has 0 radical (unpaired) electrons. The standard InChI is InChI=1S/C33H36FN3O2/c1-35-13-10-24-4-3-7-28(19-24)32-21-29-20-30(34)8-9-31(29)37(32)15-14-36(33(38)27-11-16-39-17-12-27)23-26-6-2-5-25(18-26)22-35/h2-9,18-21,27H,10-17,22-23H2,1H3. The second-order valence-corrected chi connectivity index (χ2v) is 11.0. The van der Waals surface area contributed by atoms with Crippen molar-refractivity contribution in [1.29, 1.82) is 0 Å². The topological polar surface area (TPSA) is 37.7 Å². The minimum atomic E-state index is -0.238. The highest BCUT2D eigenvalue weighted by molar-refractivity contribution is 5.87. The number of nitrogens with zero attached hydrogens (tertiary/aromatic N) is 3. The molecule has 5 nitrogen and oxygen atoms in total. The second-order valence-electron chi connectivity index (χ2n) is 11.0. The van der Waals surface area contributed by atoms with Gasteiger partial charge >= 0.3 is 0 Å². The van der Waals surface area contributed by atoms with Gasteiger partial charge in [-0.2, -0.15) is 0 Å². The zero-order chi connectivity index (χ0) is 26.8. The molecule has 1 aromatic heterocycles. The summed E-state index contributed by atoms with van der Waals surface area (Å²) in [5.74, 6) is -0.0455. The summed E-state index contributed by atoms with van der Waals surface area (Å²) >= 11 is 0. The van der Waals surface area contributed by atoms with Gasteiger partial charge in [-0.1, -0.05) is 42.5 Å². The molecule has 6 rings (SSSR count). The molecule has 0 saturated carbocycles. The van der Waals surface area contributed by atoms with E-state index < -0.39 is 0 Å². The van der Waals surface area contributed by atoms with Crippen LogP contribution in [0.5, 0.6) is 0 Å². The number of ether oxygens (including phenoxy) is 1. The van der Waals surface area contributed by atoms with Crippen molar-refractivity contribution in [2.75, 3.05) is 33.4 Å². The summed E-state index contributed by atoms with van der Waals surface area (Å²) in [5.41, 5.74) is 6.84. The minimum absolute atomic E-state index is 0.00897. The molecule has 2 aliphatic heterocycles. The van der Waals surface area contributed by atoms with Crippen molar-refractivity contribution in [3.63, 3.8) is 0 Å². The summed E-state index contributed by atoms with van der Waals surface area (Å²) < 4.78 is 22.0. The predicted molar refractivity (Wildman–Crippen MR) is 153 cm³/mol. The molecular weight excluding hydrogens is 489 g/mol. The third-order valence-electron chi connectivity index (χ3n) is 8.16. The van der Waals surface area contributed by atoms with Crippen LogP contribution in [0.2, 0.25) is 0 Å². The van der Waals surface area contributed by atoms with E-state index in [4.69, 9.17) is 4.74 Å². The molecule has 4 aromatic rings. The van der Waals surface area contributed by atoms with Crippen molar-refractivity contribution >= 4 is 16.8 Å². The molecule has 39 heavy (non-hydrogen) atoms. The molecule has 0 spiro atoms. The second kappa shape index (κ2) is 11.3. The third kappa shape index (κ3) is 5.77. The van der Waals surface area contributed by atoms with Crippen LogP contribution in [0.4, 0.5) is 4.39 Å². The lowest BCUT2D eigenvalue weighted by molar-refractivity contribution is -0.139. The van der Waals surface area contributed by atoms with Gasteiger partial charge in [0.05, 0.1) is 0 Å². The van der Waals surface area contributed by atoms with E-state index >= 15 is 0 Å². The van der Waals surface area contributed by atoms with Crippen LogP contribution < -0.4 is 0 Å². The van der Waals surface area contributed by atoms with Gasteiger partial charge in [0.1, 0.15) is 5.82 Å². The Morgan fingerprint density at radius 2 is 1.62 bits per heavy atom. The lowest BCUT2D eigenvalue weighted by Gasteiger charge is -2.30. The van der Waals surface area contributed by atoms with Gasteiger partial charge in [-0.3, -0.25) is 4.79 Å². The first-order chi connectivity index (χ1) is 19.0. The fourth-order valence-corrected chi connectivity index (χ4v) is 6.06. The van der Waals surface area contributed by atoms with Gasteiger partial charge in [-0.15, -0.1) is 0 Å². The van der Waals surface area contributed by atoms with Gasteiger partial charge in [0.2, 0.25) is 5.91 Å². The summed E-state index contributed by atoms with van der Waals surface area (Å²) in [6, 6.07) is 24.4. The lowest BCUT2D eigenvalue weighted by atomic mass is 9.98. The molecular formula is C33H36FN3O2. The van der Waals surface area contributed by atoms with Crippen LogP contribution in [0, 0.1) is 11.7 Å². The van der Waals surface area contributed by atoms with Gasteiger partial charge in [-0.05, 0) is 78.9 Å². The van der Waals surface area contributed by atoms with Crippen molar-refractivity contribution in [1.82, 2.24) is 14.4 Å². The zero-order valence-electron chi connectivity index (χ0n) is 22.6. The molecule has 202 valence electrons. The van der Waals surface area contributed by atoms with E-state index in [2.05, 4.69) is 71.1 Å². The normalized spacial score (nSPS) is 17.7. The Labute approximate surface area is 229 Å². The Kier molecular flexibility index (Phi) is 7.49. The maximum atomic E-state index is 14.2. The number of carbonyl (C=O) groups is 1. The lowest BCUT2D eigenvalue weighted by Crippen LogP contribution is -2.40. The molecule has 0 atom stereocenters. The van der Waals surface area contributed by atoms with Crippen LogP contribution in [0.25, 0.3) is 22.2 Å². The minimum Gasteiger partial charge on any atom is -0.381 e. The number of amides is 1. The Balaban J connectivity index is 1.42. The van der Waals surface area contributed by atoms with Crippen molar-refractivity contribution < 1.29 is 13.9 Å².